The lowest BCUT2D eigenvalue weighted by molar-refractivity contribution is 0.468. The van der Waals surface area contributed by atoms with Crippen LogP contribution < -0.4 is 15.5 Å². The first-order chi connectivity index (χ1) is 14.2. The quantitative estimate of drug-likeness (QED) is 0.482. The van der Waals surface area contributed by atoms with Gasteiger partial charge in [-0.05, 0) is 31.9 Å². The van der Waals surface area contributed by atoms with Crippen molar-refractivity contribution in [3.8, 4) is 0 Å². The van der Waals surface area contributed by atoms with Crippen LogP contribution in [0.25, 0.3) is 5.65 Å². The predicted molar refractivity (Wildman–Crippen MR) is 114 cm³/mol. The Morgan fingerprint density at radius 2 is 2.24 bits per heavy atom. The molecule has 9 heteroatoms. The molecule has 1 aliphatic heterocycles. The number of aryl methyl sites for hydroxylation is 1. The molecule has 1 unspecified atom stereocenters. The molecule has 4 heterocycles. The number of aliphatic imine (C=N–C) groups is 1. The largest absolute Gasteiger partial charge is 0.367 e. The standard InChI is InChI=1S/C20H29N9/c1-3-21-20(22-10-9-19-26-25-18-8-4-5-12-29(18)19)24-16-7-6-11-28(14-16)17-13-23-27(2)15-17/h4-5,8,12-13,15-16H,3,6-7,9-11,14H2,1-2H3,(H2,21,22,24). The molecule has 3 aromatic rings. The van der Waals surface area contributed by atoms with Crippen LogP contribution in [0.2, 0.25) is 0 Å². The molecule has 0 spiro atoms. The molecule has 0 amide bonds. The minimum absolute atomic E-state index is 0.357. The molecule has 0 bridgehead atoms. The van der Waals surface area contributed by atoms with Gasteiger partial charge in [-0.1, -0.05) is 6.07 Å². The Morgan fingerprint density at radius 3 is 3.07 bits per heavy atom. The van der Waals surface area contributed by atoms with E-state index in [-0.39, 0.29) is 0 Å². The van der Waals surface area contributed by atoms with Gasteiger partial charge < -0.3 is 15.5 Å². The lowest BCUT2D eigenvalue weighted by Gasteiger charge is -2.34. The second-order valence-corrected chi connectivity index (χ2v) is 7.36. The Morgan fingerprint density at radius 1 is 1.31 bits per heavy atom. The Hall–Kier alpha value is -3.10. The monoisotopic (exact) mass is 395 g/mol. The molecule has 1 saturated heterocycles. The van der Waals surface area contributed by atoms with Gasteiger partial charge in [-0.3, -0.25) is 14.1 Å². The summed E-state index contributed by atoms with van der Waals surface area (Å²) in [6.45, 7) is 5.59. The highest BCUT2D eigenvalue weighted by Gasteiger charge is 2.21. The molecular formula is C20H29N9. The average Bonchev–Trinajstić information content (AvgIpc) is 3.35. The molecule has 1 fully saturated rings. The third kappa shape index (κ3) is 4.67. The zero-order chi connectivity index (χ0) is 20.1. The summed E-state index contributed by atoms with van der Waals surface area (Å²) in [7, 11) is 1.96. The van der Waals surface area contributed by atoms with Gasteiger partial charge in [0.15, 0.2) is 11.6 Å². The highest BCUT2D eigenvalue weighted by molar-refractivity contribution is 5.80. The Kier molecular flexibility index (Phi) is 5.92. The van der Waals surface area contributed by atoms with Crippen LogP contribution in [0.4, 0.5) is 5.69 Å². The smallest absolute Gasteiger partial charge is 0.191 e. The Labute approximate surface area is 170 Å². The molecule has 4 rings (SSSR count). The highest BCUT2D eigenvalue weighted by atomic mass is 15.3. The van der Waals surface area contributed by atoms with Gasteiger partial charge in [-0.2, -0.15) is 5.10 Å². The van der Waals surface area contributed by atoms with E-state index in [9.17, 15) is 0 Å². The number of piperidine rings is 1. The second kappa shape index (κ2) is 8.93. The van der Waals surface area contributed by atoms with Crippen LogP contribution in [0.5, 0.6) is 0 Å². The van der Waals surface area contributed by atoms with Gasteiger partial charge in [-0.25, -0.2) is 0 Å². The van der Waals surface area contributed by atoms with Crippen molar-refractivity contribution >= 4 is 17.3 Å². The van der Waals surface area contributed by atoms with Gasteiger partial charge in [0.25, 0.3) is 0 Å². The fourth-order valence-corrected chi connectivity index (χ4v) is 3.74. The molecule has 0 radical (unpaired) electrons. The van der Waals surface area contributed by atoms with Crippen LogP contribution in [0.15, 0.2) is 41.8 Å². The van der Waals surface area contributed by atoms with Crippen molar-refractivity contribution in [3.63, 3.8) is 0 Å². The number of guanidine groups is 1. The summed E-state index contributed by atoms with van der Waals surface area (Å²) in [6.07, 6.45) is 9.03. The number of aromatic nitrogens is 5. The maximum absolute atomic E-state index is 4.77. The fraction of sp³-hybridized carbons (Fsp3) is 0.500. The van der Waals surface area contributed by atoms with Crippen LogP contribution in [0.3, 0.4) is 0 Å². The van der Waals surface area contributed by atoms with Gasteiger partial charge in [0, 0.05) is 58.1 Å². The number of hydrogen-bond donors (Lipinski definition) is 2. The summed E-state index contributed by atoms with van der Waals surface area (Å²) in [5, 5.41) is 19.8. The van der Waals surface area contributed by atoms with Crippen LogP contribution in [-0.2, 0) is 13.5 Å². The van der Waals surface area contributed by atoms with E-state index in [1.54, 1.807) is 0 Å². The second-order valence-electron chi connectivity index (χ2n) is 7.36. The third-order valence-electron chi connectivity index (χ3n) is 5.15. The highest BCUT2D eigenvalue weighted by Crippen LogP contribution is 2.18. The van der Waals surface area contributed by atoms with E-state index in [2.05, 4.69) is 44.0 Å². The number of fused-ring (bicyclic) bond motifs is 1. The normalized spacial score (nSPS) is 17.7. The van der Waals surface area contributed by atoms with Crippen molar-refractivity contribution in [1.82, 2.24) is 35.0 Å². The average molecular weight is 396 g/mol. The molecule has 2 N–H and O–H groups in total. The van der Waals surface area contributed by atoms with E-state index in [1.165, 1.54) is 5.69 Å². The van der Waals surface area contributed by atoms with Crippen molar-refractivity contribution in [3.05, 3.63) is 42.6 Å². The number of anilines is 1. The van der Waals surface area contributed by atoms with Crippen molar-refractivity contribution in [2.75, 3.05) is 31.1 Å². The van der Waals surface area contributed by atoms with Crippen molar-refractivity contribution in [2.24, 2.45) is 12.0 Å². The summed E-state index contributed by atoms with van der Waals surface area (Å²) >= 11 is 0. The SMILES string of the molecule is CCNC(=NCCc1nnc2ccccn12)NC1CCCN(c2cnn(C)c2)C1. The van der Waals surface area contributed by atoms with Crippen molar-refractivity contribution in [2.45, 2.75) is 32.2 Å². The summed E-state index contributed by atoms with van der Waals surface area (Å²) < 4.78 is 3.87. The topological polar surface area (TPSA) is 87.7 Å². The number of nitrogens with one attached hydrogen (secondary N) is 2. The van der Waals surface area contributed by atoms with Gasteiger partial charge >= 0.3 is 0 Å². The number of rotatable bonds is 6. The minimum Gasteiger partial charge on any atom is -0.367 e. The van der Waals surface area contributed by atoms with E-state index in [0.717, 1.165) is 56.3 Å². The molecule has 0 saturated carbocycles. The molecule has 9 nitrogen and oxygen atoms in total. The number of hydrogen-bond acceptors (Lipinski definition) is 5. The first-order valence-corrected chi connectivity index (χ1v) is 10.3. The fourth-order valence-electron chi connectivity index (χ4n) is 3.74. The van der Waals surface area contributed by atoms with Gasteiger partial charge in [0.05, 0.1) is 11.9 Å². The van der Waals surface area contributed by atoms with Crippen molar-refractivity contribution in [1.29, 1.82) is 0 Å². The van der Waals surface area contributed by atoms with Crippen molar-refractivity contribution < 1.29 is 0 Å². The molecule has 1 aliphatic rings. The summed E-state index contributed by atoms with van der Waals surface area (Å²) in [4.78, 5) is 7.16. The summed E-state index contributed by atoms with van der Waals surface area (Å²) in [5.74, 6) is 1.79. The van der Waals surface area contributed by atoms with Crippen LogP contribution in [0, 0.1) is 0 Å². The van der Waals surface area contributed by atoms with Crippen LogP contribution in [0.1, 0.15) is 25.6 Å². The van der Waals surface area contributed by atoms with E-state index in [1.807, 2.05) is 46.7 Å². The van der Waals surface area contributed by atoms with Gasteiger partial charge in [-0.15, -0.1) is 10.2 Å². The van der Waals surface area contributed by atoms with E-state index in [4.69, 9.17) is 4.99 Å². The number of nitrogens with zero attached hydrogens (tertiary/aromatic N) is 7. The van der Waals surface area contributed by atoms with E-state index in [0.29, 0.717) is 12.6 Å². The summed E-state index contributed by atoms with van der Waals surface area (Å²) in [6, 6.07) is 6.28. The molecular weight excluding hydrogens is 366 g/mol. The molecule has 0 aliphatic carbocycles. The molecule has 0 aromatic carbocycles. The van der Waals surface area contributed by atoms with Crippen LogP contribution in [-0.4, -0.2) is 62.6 Å². The molecule has 154 valence electrons. The predicted octanol–water partition coefficient (Wildman–Crippen LogP) is 1.23. The van der Waals surface area contributed by atoms with E-state index < -0.39 is 0 Å². The molecule has 1 atom stereocenters. The van der Waals surface area contributed by atoms with E-state index >= 15 is 0 Å². The Balaban J connectivity index is 1.36. The molecule has 3 aromatic heterocycles. The maximum Gasteiger partial charge on any atom is 0.191 e. The van der Waals surface area contributed by atoms with Crippen LogP contribution >= 0.6 is 0 Å². The summed E-state index contributed by atoms with van der Waals surface area (Å²) in [5.41, 5.74) is 2.05. The lowest BCUT2D eigenvalue weighted by atomic mass is 10.1. The first-order valence-electron chi connectivity index (χ1n) is 10.3. The minimum atomic E-state index is 0.357. The third-order valence-corrected chi connectivity index (χ3v) is 5.15. The zero-order valence-electron chi connectivity index (χ0n) is 17.1. The first kappa shape index (κ1) is 19.2. The zero-order valence-corrected chi connectivity index (χ0v) is 17.1. The maximum atomic E-state index is 4.77. The lowest BCUT2D eigenvalue weighted by Crippen LogP contribution is -2.51. The Bertz CT molecular complexity index is 958. The number of pyridine rings is 1. The molecule has 29 heavy (non-hydrogen) atoms. The van der Waals surface area contributed by atoms with Gasteiger partial charge in [0.2, 0.25) is 0 Å². The van der Waals surface area contributed by atoms with Gasteiger partial charge in [0.1, 0.15) is 5.82 Å².